The number of benzene rings is 2. The first-order chi connectivity index (χ1) is 15.8. The molecule has 0 bridgehead atoms. The van der Waals surface area contributed by atoms with E-state index in [1.807, 2.05) is 0 Å². The van der Waals surface area contributed by atoms with Crippen LogP contribution >= 0.6 is 0 Å². The van der Waals surface area contributed by atoms with Crippen LogP contribution in [0.2, 0.25) is 0 Å². The first kappa shape index (κ1) is 24.3. The Bertz CT molecular complexity index is 999. The van der Waals surface area contributed by atoms with E-state index < -0.39 is 23.8 Å². The molecule has 2 aromatic carbocycles. The van der Waals surface area contributed by atoms with E-state index in [0.717, 1.165) is 5.56 Å². The number of nitrogens with zero attached hydrogens (tertiary/aromatic N) is 2. The predicted molar refractivity (Wildman–Crippen MR) is 119 cm³/mol. The minimum atomic E-state index is -0.941. The Morgan fingerprint density at radius 1 is 1.12 bits per heavy atom. The Morgan fingerprint density at radius 2 is 1.82 bits per heavy atom. The van der Waals surface area contributed by atoms with Crippen LogP contribution in [0.25, 0.3) is 0 Å². The quantitative estimate of drug-likeness (QED) is 0.620. The second kappa shape index (κ2) is 11.0. The lowest BCUT2D eigenvalue weighted by Gasteiger charge is -2.42. The van der Waals surface area contributed by atoms with E-state index in [1.54, 1.807) is 35.2 Å². The number of carbonyl (C=O) groups is 3. The largest absolute Gasteiger partial charge is 0.368 e. The average Bonchev–Trinajstić information content (AvgIpc) is 2.82. The lowest BCUT2D eigenvalue weighted by Crippen LogP contribution is -2.63. The number of nitrogens with one attached hydrogen (secondary N) is 1. The van der Waals surface area contributed by atoms with Gasteiger partial charge >= 0.3 is 0 Å². The Morgan fingerprint density at radius 3 is 2.45 bits per heavy atom. The molecule has 0 saturated carbocycles. The van der Waals surface area contributed by atoms with Gasteiger partial charge < -0.3 is 16.0 Å². The summed E-state index contributed by atoms with van der Waals surface area (Å²) in [7, 11) is 1.49. The maximum atomic E-state index is 14.2. The van der Waals surface area contributed by atoms with Crippen molar-refractivity contribution in [2.45, 2.75) is 24.9 Å². The standard InChI is InChI=1S/C24H27F2N4O3/c1-28-24(33)20(14-17-4-2-3-5-19(17)26)29-12-13-30(21(15-29)23(27)32)22(31)11-8-16-6-9-18(25)10-7-16/h2-7,9-11,20-21H,8,12-15H2,1H3,(H2,27,32)(H,28,33). The van der Waals surface area contributed by atoms with Crippen LogP contribution in [0.1, 0.15) is 11.1 Å². The first-order valence-electron chi connectivity index (χ1n) is 10.7. The monoisotopic (exact) mass is 457 g/mol. The van der Waals surface area contributed by atoms with Crippen LogP contribution in [-0.2, 0) is 27.2 Å². The van der Waals surface area contributed by atoms with Gasteiger partial charge in [-0.2, -0.15) is 0 Å². The van der Waals surface area contributed by atoms with Crippen LogP contribution < -0.4 is 11.1 Å². The van der Waals surface area contributed by atoms with Crippen molar-refractivity contribution in [1.82, 2.24) is 15.1 Å². The summed E-state index contributed by atoms with van der Waals surface area (Å²) in [6, 6.07) is 10.3. The predicted octanol–water partition coefficient (Wildman–Crippen LogP) is 1.07. The van der Waals surface area contributed by atoms with E-state index in [0.29, 0.717) is 12.1 Å². The highest BCUT2D eigenvalue weighted by atomic mass is 19.1. The molecule has 1 aliphatic rings. The topological polar surface area (TPSA) is 95.7 Å². The summed E-state index contributed by atoms with van der Waals surface area (Å²) < 4.78 is 27.3. The highest BCUT2D eigenvalue weighted by molar-refractivity contribution is 5.91. The highest BCUT2D eigenvalue weighted by Crippen LogP contribution is 2.19. The SMILES string of the molecule is CNC(=O)C(Cc1ccccc1F)N1CCN(C(=O)[CH]Cc2ccc(F)cc2)C(C(N)=O)C1. The average molecular weight is 458 g/mol. The highest BCUT2D eigenvalue weighted by Gasteiger charge is 2.38. The number of likely N-dealkylation sites (N-methyl/N-ethyl adjacent to an activating group) is 1. The molecule has 0 aliphatic carbocycles. The molecule has 0 spiro atoms. The van der Waals surface area contributed by atoms with Crippen LogP contribution in [0, 0.1) is 18.1 Å². The third-order valence-corrected chi connectivity index (χ3v) is 5.81. The summed E-state index contributed by atoms with van der Waals surface area (Å²) in [5.74, 6) is -2.15. The molecule has 9 heteroatoms. The van der Waals surface area contributed by atoms with Gasteiger partial charge in [-0.1, -0.05) is 30.3 Å². The second-order valence-corrected chi connectivity index (χ2v) is 7.91. The lowest BCUT2D eigenvalue weighted by molar-refractivity contribution is -0.142. The Kier molecular flexibility index (Phi) is 8.11. The molecule has 1 heterocycles. The van der Waals surface area contributed by atoms with Crippen LogP contribution in [0.4, 0.5) is 8.78 Å². The van der Waals surface area contributed by atoms with Crippen molar-refractivity contribution in [3.63, 3.8) is 0 Å². The second-order valence-electron chi connectivity index (χ2n) is 7.91. The van der Waals surface area contributed by atoms with Gasteiger partial charge in [-0.25, -0.2) is 8.78 Å². The molecular weight excluding hydrogens is 430 g/mol. The van der Waals surface area contributed by atoms with Crippen molar-refractivity contribution >= 4 is 17.7 Å². The minimum Gasteiger partial charge on any atom is -0.368 e. The van der Waals surface area contributed by atoms with Gasteiger partial charge in [0, 0.05) is 26.7 Å². The molecule has 1 fully saturated rings. The smallest absolute Gasteiger partial charge is 0.241 e. The molecule has 1 aliphatic heterocycles. The number of piperazine rings is 1. The maximum Gasteiger partial charge on any atom is 0.241 e. The van der Waals surface area contributed by atoms with Gasteiger partial charge in [0.15, 0.2) is 0 Å². The molecule has 0 aromatic heterocycles. The molecule has 33 heavy (non-hydrogen) atoms. The van der Waals surface area contributed by atoms with Gasteiger partial charge in [0.1, 0.15) is 17.7 Å². The zero-order valence-electron chi connectivity index (χ0n) is 18.3. The number of hydrogen-bond acceptors (Lipinski definition) is 4. The molecule has 3 N–H and O–H groups in total. The molecule has 175 valence electrons. The zero-order valence-corrected chi connectivity index (χ0v) is 18.3. The van der Waals surface area contributed by atoms with E-state index in [9.17, 15) is 23.2 Å². The molecule has 3 rings (SSSR count). The summed E-state index contributed by atoms with van der Waals surface area (Å²) in [5.41, 5.74) is 6.73. The van der Waals surface area contributed by atoms with Gasteiger partial charge in [-0.3, -0.25) is 19.3 Å². The van der Waals surface area contributed by atoms with Crippen molar-refractivity contribution < 1.29 is 23.2 Å². The van der Waals surface area contributed by atoms with Crippen molar-refractivity contribution in [3.05, 3.63) is 77.7 Å². The van der Waals surface area contributed by atoms with Gasteiger partial charge in [-0.15, -0.1) is 0 Å². The van der Waals surface area contributed by atoms with E-state index in [2.05, 4.69) is 5.32 Å². The number of amides is 3. The fourth-order valence-corrected chi connectivity index (χ4v) is 3.96. The lowest BCUT2D eigenvalue weighted by atomic mass is 10.00. The van der Waals surface area contributed by atoms with Crippen molar-refractivity contribution in [1.29, 1.82) is 0 Å². The number of hydrogen-bond donors (Lipinski definition) is 2. The fourth-order valence-electron chi connectivity index (χ4n) is 3.96. The van der Waals surface area contributed by atoms with Gasteiger partial charge in [-0.05, 0) is 42.2 Å². The van der Waals surface area contributed by atoms with E-state index >= 15 is 0 Å². The number of primary amides is 1. The Hall–Kier alpha value is -3.33. The van der Waals surface area contributed by atoms with Crippen molar-refractivity contribution in [2.24, 2.45) is 5.73 Å². The van der Waals surface area contributed by atoms with Crippen LogP contribution in [0.5, 0.6) is 0 Å². The summed E-state index contributed by atoms with van der Waals surface area (Å²) in [4.78, 5) is 40.7. The van der Waals surface area contributed by atoms with Gasteiger partial charge in [0.05, 0.1) is 12.5 Å². The fraction of sp³-hybridized carbons (Fsp3) is 0.333. The zero-order chi connectivity index (χ0) is 24.0. The molecule has 1 saturated heterocycles. The third-order valence-electron chi connectivity index (χ3n) is 5.81. The van der Waals surface area contributed by atoms with E-state index in [-0.39, 0.29) is 43.6 Å². The van der Waals surface area contributed by atoms with Gasteiger partial charge in [0.2, 0.25) is 17.7 Å². The summed E-state index contributed by atoms with van der Waals surface area (Å²) in [6.45, 7) is 0.543. The summed E-state index contributed by atoms with van der Waals surface area (Å²) in [6.07, 6.45) is 1.82. The van der Waals surface area contributed by atoms with Crippen LogP contribution in [0.3, 0.4) is 0 Å². The Balaban J connectivity index is 1.70. The van der Waals surface area contributed by atoms with Gasteiger partial charge in [0.25, 0.3) is 0 Å². The molecule has 3 amide bonds. The Labute approximate surface area is 191 Å². The number of carbonyl (C=O) groups excluding carboxylic acids is 3. The number of rotatable bonds is 8. The molecule has 1 radical (unpaired) electrons. The summed E-state index contributed by atoms with van der Waals surface area (Å²) >= 11 is 0. The molecule has 7 nitrogen and oxygen atoms in total. The van der Waals surface area contributed by atoms with Crippen LogP contribution in [-0.4, -0.2) is 66.3 Å². The summed E-state index contributed by atoms with van der Waals surface area (Å²) in [5, 5.41) is 2.59. The normalized spacial score (nSPS) is 17.4. The number of halogens is 2. The molecular formula is C24H27F2N4O3. The minimum absolute atomic E-state index is 0.0536. The molecule has 2 aromatic rings. The molecule has 2 atom stereocenters. The van der Waals surface area contributed by atoms with Crippen molar-refractivity contribution in [3.8, 4) is 0 Å². The first-order valence-corrected chi connectivity index (χ1v) is 10.7. The van der Waals surface area contributed by atoms with E-state index in [1.165, 1.54) is 36.6 Å². The van der Waals surface area contributed by atoms with Crippen molar-refractivity contribution in [2.75, 3.05) is 26.7 Å². The molecule has 2 unspecified atom stereocenters. The number of nitrogens with two attached hydrogens (primary N) is 1. The third kappa shape index (κ3) is 6.13. The van der Waals surface area contributed by atoms with Crippen LogP contribution in [0.15, 0.2) is 48.5 Å². The maximum absolute atomic E-state index is 14.2. The van der Waals surface area contributed by atoms with E-state index in [4.69, 9.17) is 5.73 Å².